The Hall–Kier alpha value is -2.39. The van der Waals surface area contributed by atoms with E-state index in [1.807, 2.05) is 6.07 Å². The maximum atomic E-state index is 12.3. The number of rotatable bonds is 7. The third-order valence-corrected chi connectivity index (χ3v) is 5.92. The van der Waals surface area contributed by atoms with Gasteiger partial charge in [-0.15, -0.1) is 0 Å². The lowest BCUT2D eigenvalue weighted by molar-refractivity contribution is -0.121. The molecular weight excluding hydrogens is 344 g/mol. The van der Waals surface area contributed by atoms with Crippen molar-refractivity contribution in [2.45, 2.75) is 45.2 Å². The summed E-state index contributed by atoms with van der Waals surface area (Å²) in [5.41, 5.74) is 4.97. The first-order valence-electron chi connectivity index (χ1n) is 10.6. The van der Waals surface area contributed by atoms with Gasteiger partial charge in [-0.25, -0.2) is 0 Å². The van der Waals surface area contributed by atoms with E-state index in [0.29, 0.717) is 18.9 Å². The van der Waals surface area contributed by atoms with Crippen molar-refractivity contribution in [1.29, 1.82) is 0 Å². The maximum absolute atomic E-state index is 12.3. The van der Waals surface area contributed by atoms with Crippen LogP contribution in [-0.4, -0.2) is 23.9 Å². The number of amides is 1. The molecule has 2 aromatic carbocycles. The summed E-state index contributed by atoms with van der Waals surface area (Å²) in [4.78, 5) is 14.8. The number of carbonyl (C=O) groups excluding carboxylic acids is 1. The topological polar surface area (TPSA) is 32.3 Å². The fraction of sp³-hybridized carbons (Fsp3) is 0.400. The van der Waals surface area contributed by atoms with Crippen LogP contribution < -0.4 is 5.32 Å². The van der Waals surface area contributed by atoms with Gasteiger partial charge in [0.05, 0.1) is 0 Å². The van der Waals surface area contributed by atoms with Gasteiger partial charge in [0.2, 0.25) is 5.91 Å². The van der Waals surface area contributed by atoms with Crippen LogP contribution in [0.2, 0.25) is 0 Å². The van der Waals surface area contributed by atoms with Gasteiger partial charge in [0.15, 0.2) is 0 Å². The molecule has 3 heteroatoms. The number of benzene rings is 2. The first kappa shape index (κ1) is 18.9. The van der Waals surface area contributed by atoms with Crippen LogP contribution in [0, 0.1) is 5.92 Å². The summed E-state index contributed by atoms with van der Waals surface area (Å²) in [7, 11) is 0. The molecule has 4 rings (SSSR count). The van der Waals surface area contributed by atoms with Crippen LogP contribution in [0.25, 0.3) is 11.1 Å². The average molecular weight is 375 g/mol. The number of allylic oxidation sites excluding steroid dienone is 2. The molecule has 1 saturated heterocycles. The third kappa shape index (κ3) is 4.90. The average Bonchev–Trinajstić information content (AvgIpc) is 3.42. The minimum absolute atomic E-state index is 0.146. The van der Waals surface area contributed by atoms with E-state index >= 15 is 0 Å². The van der Waals surface area contributed by atoms with Crippen LogP contribution in [0.4, 0.5) is 0 Å². The van der Waals surface area contributed by atoms with Crippen LogP contribution in [0.15, 0.2) is 60.7 Å². The van der Waals surface area contributed by atoms with Crippen LogP contribution >= 0.6 is 0 Å². The summed E-state index contributed by atoms with van der Waals surface area (Å²) >= 11 is 0. The Morgan fingerprint density at radius 1 is 1.04 bits per heavy atom. The monoisotopic (exact) mass is 374 g/mol. The molecule has 1 N–H and O–H groups in total. The van der Waals surface area contributed by atoms with E-state index in [4.69, 9.17) is 0 Å². The van der Waals surface area contributed by atoms with Gasteiger partial charge in [-0.1, -0.05) is 60.7 Å². The molecule has 0 saturated carbocycles. The zero-order valence-corrected chi connectivity index (χ0v) is 16.6. The minimum atomic E-state index is 0.146. The molecule has 1 amide bonds. The van der Waals surface area contributed by atoms with Crippen molar-refractivity contribution < 1.29 is 4.79 Å². The molecule has 1 atom stereocenters. The highest BCUT2D eigenvalue weighted by molar-refractivity contribution is 5.77. The van der Waals surface area contributed by atoms with Gasteiger partial charge in [0, 0.05) is 19.5 Å². The van der Waals surface area contributed by atoms with E-state index in [0.717, 1.165) is 19.4 Å². The summed E-state index contributed by atoms with van der Waals surface area (Å²) in [6, 6.07) is 17.3. The maximum Gasteiger partial charge on any atom is 0.220 e. The molecule has 2 aliphatic rings. The highest BCUT2D eigenvalue weighted by Crippen LogP contribution is 2.25. The minimum Gasteiger partial charge on any atom is -0.352 e. The Morgan fingerprint density at radius 3 is 2.57 bits per heavy atom. The second kappa shape index (κ2) is 9.20. The van der Waals surface area contributed by atoms with E-state index in [-0.39, 0.29) is 5.91 Å². The van der Waals surface area contributed by atoms with Crippen LogP contribution in [0.1, 0.15) is 43.2 Å². The molecular formula is C25H30N2O. The number of hydrogen-bond acceptors (Lipinski definition) is 2. The lowest BCUT2D eigenvalue weighted by Crippen LogP contribution is -2.24. The number of hydrogen-bond donors (Lipinski definition) is 1. The number of likely N-dealkylation sites (tertiary alicyclic amines) is 1. The number of carbonyl (C=O) groups is 1. The van der Waals surface area contributed by atoms with E-state index in [1.54, 1.807) is 0 Å². The highest BCUT2D eigenvalue weighted by atomic mass is 16.1. The molecule has 1 aliphatic heterocycles. The first-order chi connectivity index (χ1) is 13.8. The number of nitrogens with zero attached hydrogens (tertiary/aromatic N) is 1. The van der Waals surface area contributed by atoms with Crippen molar-refractivity contribution in [1.82, 2.24) is 10.2 Å². The molecule has 0 bridgehead atoms. The van der Waals surface area contributed by atoms with Gasteiger partial charge in [0.1, 0.15) is 0 Å². The standard InChI is InChI=1S/C25H30N2O/c28-25(17-20-7-1-2-8-20)26-18-23-9-3-4-10-24(23)22-13-11-21(12-14-22)19-27-15-5-6-16-27/h1,3-4,7,9-14,20H,2,5-6,8,15-19H2,(H,26,28). The smallest absolute Gasteiger partial charge is 0.220 e. The van der Waals surface area contributed by atoms with E-state index < -0.39 is 0 Å². The fourth-order valence-electron chi connectivity index (χ4n) is 4.31. The summed E-state index contributed by atoms with van der Waals surface area (Å²) < 4.78 is 0. The van der Waals surface area contributed by atoms with Crippen LogP contribution in [0.3, 0.4) is 0 Å². The van der Waals surface area contributed by atoms with Gasteiger partial charge < -0.3 is 5.32 Å². The van der Waals surface area contributed by atoms with E-state index in [1.165, 1.54) is 48.2 Å². The van der Waals surface area contributed by atoms with Crippen molar-refractivity contribution in [2.24, 2.45) is 5.92 Å². The molecule has 0 aromatic heterocycles. The summed E-state index contributed by atoms with van der Waals surface area (Å²) in [5, 5.41) is 3.12. The Bertz CT molecular complexity index is 819. The third-order valence-electron chi connectivity index (χ3n) is 5.92. The predicted molar refractivity (Wildman–Crippen MR) is 115 cm³/mol. The molecule has 1 heterocycles. The Morgan fingerprint density at radius 2 is 1.82 bits per heavy atom. The molecule has 2 aromatic rings. The molecule has 28 heavy (non-hydrogen) atoms. The quantitative estimate of drug-likeness (QED) is 0.698. The lowest BCUT2D eigenvalue weighted by atomic mass is 9.98. The summed E-state index contributed by atoms with van der Waals surface area (Å²) in [6.45, 7) is 4.08. The van der Waals surface area contributed by atoms with Gasteiger partial charge >= 0.3 is 0 Å². The van der Waals surface area contributed by atoms with Crippen molar-refractivity contribution in [3.8, 4) is 11.1 Å². The van der Waals surface area contributed by atoms with Gasteiger partial charge in [-0.05, 0) is 66.9 Å². The molecule has 1 aliphatic carbocycles. The van der Waals surface area contributed by atoms with Crippen molar-refractivity contribution in [3.63, 3.8) is 0 Å². The summed E-state index contributed by atoms with van der Waals surface area (Å²) in [6.07, 6.45) is 9.83. The van der Waals surface area contributed by atoms with Crippen LogP contribution in [-0.2, 0) is 17.9 Å². The second-order valence-corrected chi connectivity index (χ2v) is 8.08. The normalized spacial score (nSPS) is 19.2. The van der Waals surface area contributed by atoms with E-state index in [9.17, 15) is 4.79 Å². The summed E-state index contributed by atoms with van der Waals surface area (Å²) in [5.74, 6) is 0.561. The first-order valence-corrected chi connectivity index (χ1v) is 10.6. The molecule has 0 spiro atoms. The SMILES string of the molecule is O=C(CC1C=CCC1)NCc1ccccc1-c1ccc(CN2CCCC2)cc1. The fourth-order valence-corrected chi connectivity index (χ4v) is 4.31. The predicted octanol–water partition coefficient (Wildman–Crippen LogP) is 4.92. The van der Waals surface area contributed by atoms with Crippen LogP contribution in [0.5, 0.6) is 0 Å². The van der Waals surface area contributed by atoms with Gasteiger partial charge in [0.25, 0.3) is 0 Å². The lowest BCUT2D eigenvalue weighted by Gasteiger charge is -2.15. The highest BCUT2D eigenvalue weighted by Gasteiger charge is 2.15. The van der Waals surface area contributed by atoms with E-state index in [2.05, 4.69) is 64.8 Å². The van der Waals surface area contributed by atoms with Crippen molar-refractivity contribution in [3.05, 3.63) is 71.8 Å². The second-order valence-electron chi connectivity index (χ2n) is 8.08. The van der Waals surface area contributed by atoms with Crippen molar-refractivity contribution >= 4 is 5.91 Å². The Kier molecular flexibility index (Phi) is 6.23. The van der Waals surface area contributed by atoms with Gasteiger partial charge in [-0.3, -0.25) is 9.69 Å². The Balaban J connectivity index is 1.39. The Labute approximate surface area is 168 Å². The number of nitrogens with one attached hydrogen (secondary N) is 1. The zero-order valence-electron chi connectivity index (χ0n) is 16.6. The molecule has 3 nitrogen and oxygen atoms in total. The van der Waals surface area contributed by atoms with Crippen molar-refractivity contribution in [2.75, 3.05) is 13.1 Å². The molecule has 1 unspecified atom stereocenters. The molecule has 0 radical (unpaired) electrons. The zero-order chi connectivity index (χ0) is 19.2. The molecule has 1 fully saturated rings. The van der Waals surface area contributed by atoms with Gasteiger partial charge in [-0.2, -0.15) is 0 Å². The molecule has 146 valence electrons. The largest absolute Gasteiger partial charge is 0.352 e.